The van der Waals surface area contributed by atoms with Crippen LogP contribution in [0.2, 0.25) is 0 Å². The highest BCUT2D eigenvalue weighted by molar-refractivity contribution is 7.89. The molecule has 128 valence electrons. The van der Waals surface area contributed by atoms with Gasteiger partial charge in [0.05, 0.1) is 0 Å². The molecule has 1 aromatic carbocycles. The summed E-state index contributed by atoms with van der Waals surface area (Å²) in [5.41, 5.74) is 2.06. The Morgan fingerprint density at radius 1 is 1.04 bits per heavy atom. The molecule has 0 atom stereocenters. The Hall–Kier alpha value is -1.96. The maximum absolute atomic E-state index is 12.7. The molecule has 1 aromatic heterocycles. The Balaban J connectivity index is 1.75. The minimum Gasteiger partial charge on any atom is -0.340 e. The predicted octanol–water partition coefficient (Wildman–Crippen LogP) is 2.07. The predicted molar refractivity (Wildman–Crippen MR) is 95.0 cm³/mol. The quantitative estimate of drug-likeness (QED) is 0.918. The molecule has 0 aliphatic carbocycles. The first-order chi connectivity index (χ1) is 11.5. The van der Waals surface area contributed by atoms with Gasteiger partial charge in [0.15, 0.2) is 0 Å². The van der Waals surface area contributed by atoms with E-state index >= 15 is 0 Å². The van der Waals surface area contributed by atoms with Crippen molar-refractivity contribution in [1.29, 1.82) is 0 Å². The van der Waals surface area contributed by atoms with Crippen molar-refractivity contribution in [3.63, 3.8) is 0 Å². The van der Waals surface area contributed by atoms with E-state index in [-0.39, 0.29) is 4.90 Å². The van der Waals surface area contributed by atoms with Gasteiger partial charge in [-0.25, -0.2) is 13.4 Å². The van der Waals surface area contributed by atoms with E-state index in [9.17, 15) is 8.42 Å². The topological polar surface area (TPSA) is 65.5 Å². The maximum atomic E-state index is 12.7. The van der Waals surface area contributed by atoms with Gasteiger partial charge in [-0.1, -0.05) is 18.2 Å². The van der Waals surface area contributed by atoms with Crippen LogP contribution >= 0.6 is 0 Å². The molecule has 1 aliphatic rings. The fourth-order valence-electron chi connectivity index (χ4n) is 2.64. The Morgan fingerprint density at radius 2 is 1.75 bits per heavy atom. The summed E-state index contributed by atoms with van der Waals surface area (Å²) in [4.78, 5) is 6.63. The van der Waals surface area contributed by atoms with Gasteiger partial charge in [0.25, 0.3) is 0 Å². The van der Waals surface area contributed by atoms with Gasteiger partial charge in [0.1, 0.15) is 10.7 Å². The lowest BCUT2D eigenvalue weighted by Crippen LogP contribution is -2.47. The lowest BCUT2D eigenvalue weighted by molar-refractivity contribution is 0.222. The molecule has 24 heavy (non-hydrogen) atoms. The van der Waals surface area contributed by atoms with Crippen molar-refractivity contribution < 1.29 is 8.42 Å². The minimum atomic E-state index is -3.47. The average Bonchev–Trinajstić information content (AvgIpc) is 2.58. The number of pyridine rings is 1. The molecule has 1 aliphatic heterocycles. The smallest absolute Gasteiger partial charge is 0.244 e. The Bertz CT molecular complexity index is 798. The molecule has 0 spiro atoms. The Labute approximate surface area is 143 Å². The molecule has 7 heteroatoms. The highest BCUT2D eigenvalue weighted by Crippen LogP contribution is 2.21. The molecule has 2 heterocycles. The van der Waals surface area contributed by atoms with Crippen molar-refractivity contribution in [2.24, 2.45) is 0 Å². The van der Waals surface area contributed by atoms with Crippen LogP contribution < -0.4 is 5.32 Å². The Kier molecular flexibility index (Phi) is 4.84. The van der Waals surface area contributed by atoms with Gasteiger partial charge < -0.3 is 10.2 Å². The van der Waals surface area contributed by atoms with E-state index in [1.165, 1.54) is 10.5 Å². The number of aromatic nitrogens is 1. The third-order valence-electron chi connectivity index (χ3n) is 4.24. The van der Waals surface area contributed by atoms with Crippen molar-refractivity contribution in [1.82, 2.24) is 14.2 Å². The number of piperazine rings is 1. The van der Waals surface area contributed by atoms with Crippen LogP contribution in [0.15, 0.2) is 47.5 Å². The molecule has 2 aromatic rings. The summed E-state index contributed by atoms with van der Waals surface area (Å²) in [6, 6.07) is 11.2. The van der Waals surface area contributed by atoms with Crippen molar-refractivity contribution in [2.45, 2.75) is 11.8 Å². The van der Waals surface area contributed by atoms with Gasteiger partial charge in [0, 0.05) is 38.1 Å². The highest BCUT2D eigenvalue weighted by Gasteiger charge is 2.27. The maximum Gasteiger partial charge on any atom is 0.244 e. The lowest BCUT2D eigenvalue weighted by atomic mass is 10.2. The summed E-state index contributed by atoms with van der Waals surface area (Å²) in [6.07, 6.45) is 1.42. The molecule has 0 bridgehead atoms. The zero-order valence-electron chi connectivity index (χ0n) is 13.9. The van der Waals surface area contributed by atoms with Crippen molar-refractivity contribution >= 4 is 21.5 Å². The first-order valence-electron chi connectivity index (χ1n) is 7.94. The van der Waals surface area contributed by atoms with E-state index in [2.05, 4.69) is 15.2 Å². The number of sulfonamides is 1. The highest BCUT2D eigenvalue weighted by atomic mass is 32.2. The standard InChI is InChI=1S/C17H22N4O2S/c1-14-5-3-4-6-16(14)19-17-8-7-15(13-18-17)24(22,23)21-11-9-20(2)10-12-21/h3-8,13H,9-12H2,1-2H3,(H,18,19). The van der Waals surface area contributed by atoms with Crippen molar-refractivity contribution in [3.05, 3.63) is 48.2 Å². The van der Waals surface area contributed by atoms with Crippen molar-refractivity contribution in [2.75, 3.05) is 38.5 Å². The van der Waals surface area contributed by atoms with E-state index in [1.807, 2.05) is 38.2 Å². The first kappa shape index (κ1) is 16.9. The van der Waals surface area contributed by atoms with Gasteiger partial charge in [0.2, 0.25) is 10.0 Å². The number of nitrogens with zero attached hydrogens (tertiary/aromatic N) is 3. The summed E-state index contributed by atoms with van der Waals surface area (Å²) in [5, 5.41) is 3.21. The monoisotopic (exact) mass is 346 g/mol. The van der Waals surface area contributed by atoms with E-state index in [4.69, 9.17) is 0 Å². The van der Waals surface area contributed by atoms with E-state index in [1.54, 1.807) is 12.1 Å². The van der Waals surface area contributed by atoms with Crippen LogP contribution in [-0.2, 0) is 10.0 Å². The largest absolute Gasteiger partial charge is 0.340 e. The second-order valence-corrected chi connectivity index (χ2v) is 7.96. The first-order valence-corrected chi connectivity index (χ1v) is 9.38. The van der Waals surface area contributed by atoms with Crippen LogP contribution in [0.25, 0.3) is 0 Å². The molecule has 6 nitrogen and oxygen atoms in total. The fourth-order valence-corrected chi connectivity index (χ4v) is 4.00. The zero-order valence-corrected chi connectivity index (χ0v) is 14.8. The molecular weight excluding hydrogens is 324 g/mol. The SMILES string of the molecule is Cc1ccccc1Nc1ccc(S(=O)(=O)N2CCN(C)CC2)cn1. The van der Waals surface area contributed by atoms with Gasteiger partial charge in [-0.3, -0.25) is 0 Å². The van der Waals surface area contributed by atoms with Crippen LogP contribution in [0.3, 0.4) is 0 Å². The molecule has 0 saturated carbocycles. The number of rotatable bonds is 4. The normalized spacial score (nSPS) is 16.9. The number of hydrogen-bond acceptors (Lipinski definition) is 5. The molecular formula is C17H22N4O2S. The van der Waals surface area contributed by atoms with Crippen LogP contribution in [0, 0.1) is 6.92 Å². The summed E-state index contributed by atoms with van der Waals surface area (Å²) in [7, 11) is -1.47. The van der Waals surface area contributed by atoms with Crippen LogP contribution in [0.1, 0.15) is 5.56 Å². The number of likely N-dealkylation sites (N-methyl/N-ethyl adjacent to an activating group) is 1. The molecule has 1 N–H and O–H groups in total. The van der Waals surface area contributed by atoms with Crippen molar-refractivity contribution in [3.8, 4) is 0 Å². The van der Waals surface area contributed by atoms with Crippen LogP contribution in [0.5, 0.6) is 0 Å². The van der Waals surface area contributed by atoms with Gasteiger partial charge >= 0.3 is 0 Å². The van der Waals surface area contributed by atoms with E-state index < -0.39 is 10.0 Å². The third kappa shape index (κ3) is 3.58. The molecule has 1 saturated heterocycles. The van der Waals surface area contributed by atoms with Gasteiger partial charge in [-0.2, -0.15) is 4.31 Å². The summed E-state index contributed by atoms with van der Waals surface area (Å²) in [5.74, 6) is 0.627. The van der Waals surface area contributed by atoms with E-state index in [0.717, 1.165) is 24.3 Å². The number of nitrogens with one attached hydrogen (secondary N) is 1. The number of aryl methyl sites for hydroxylation is 1. The second kappa shape index (κ2) is 6.88. The van der Waals surface area contributed by atoms with Gasteiger partial charge in [-0.15, -0.1) is 0 Å². The summed E-state index contributed by atoms with van der Waals surface area (Å²) < 4.78 is 26.9. The van der Waals surface area contributed by atoms with Gasteiger partial charge in [-0.05, 0) is 37.7 Å². The lowest BCUT2D eigenvalue weighted by Gasteiger charge is -2.31. The molecule has 0 unspecified atom stereocenters. The molecule has 1 fully saturated rings. The second-order valence-electron chi connectivity index (χ2n) is 6.03. The molecule has 3 rings (SSSR count). The molecule has 0 radical (unpaired) electrons. The van der Waals surface area contributed by atoms with Crippen LogP contribution in [0.4, 0.5) is 11.5 Å². The minimum absolute atomic E-state index is 0.238. The summed E-state index contributed by atoms with van der Waals surface area (Å²) >= 11 is 0. The fraction of sp³-hybridized carbons (Fsp3) is 0.353. The van der Waals surface area contributed by atoms with E-state index in [0.29, 0.717) is 18.9 Å². The average molecular weight is 346 g/mol. The number of hydrogen-bond donors (Lipinski definition) is 1. The molecule has 0 amide bonds. The number of para-hydroxylation sites is 1. The summed E-state index contributed by atoms with van der Waals surface area (Å²) in [6.45, 7) is 4.54. The number of benzene rings is 1. The van der Waals surface area contributed by atoms with Crippen LogP contribution in [-0.4, -0.2) is 55.8 Å². The zero-order chi connectivity index (χ0) is 17.2. The third-order valence-corrected chi connectivity index (χ3v) is 6.13. The Morgan fingerprint density at radius 3 is 2.38 bits per heavy atom. The number of anilines is 2.